The number of aliphatic carboxylic acids is 1. The first-order valence-electron chi connectivity index (χ1n) is 5.56. The fraction of sp³-hybridized carbons (Fsp3) is 0.462. The zero-order valence-corrected chi connectivity index (χ0v) is 9.97. The molecule has 0 aliphatic rings. The summed E-state index contributed by atoms with van der Waals surface area (Å²) in [6.07, 6.45) is 0. The van der Waals surface area contributed by atoms with E-state index in [1.807, 2.05) is 37.3 Å². The minimum atomic E-state index is -0.835. The quantitative estimate of drug-likeness (QED) is 0.803. The lowest BCUT2D eigenvalue weighted by Gasteiger charge is -2.23. The van der Waals surface area contributed by atoms with Gasteiger partial charge in [-0.15, -0.1) is 0 Å². The smallest absolute Gasteiger partial charge is 0.325 e. The molecule has 2 atom stereocenters. The topological polar surface area (TPSA) is 49.3 Å². The largest absolute Gasteiger partial charge is 0.480 e. The van der Waals surface area contributed by atoms with Crippen LogP contribution in [0.4, 0.5) is 0 Å². The van der Waals surface area contributed by atoms with Crippen LogP contribution in [0.5, 0.6) is 0 Å². The third-order valence-corrected chi connectivity index (χ3v) is 2.81. The highest BCUT2D eigenvalue weighted by molar-refractivity contribution is 5.75. The maximum atomic E-state index is 11.2. The van der Waals surface area contributed by atoms with Crippen molar-refractivity contribution in [3.8, 4) is 0 Å². The summed E-state index contributed by atoms with van der Waals surface area (Å²) in [6.45, 7) is 6.15. The predicted molar refractivity (Wildman–Crippen MR) is 64.3 cm³/mol. The van der Waals surface area contributed by atoms with Gasteiger partial charge in [0, 0.05) is 6.04 Å². The number of nitrogens with one attached hydrogen (secondary N) is 1. The van der Waals surface area contributed by atoms with Crippen LogP contribution < -0.4 is 5.32 Å². The van der Waals surface area contributed by atoms with Gasteiger partial charge in [-0.3, -0.25) is 10.1 Å². The van der Waals surface area contributed by atoms with E-state index < -0.39 is 12.0 Å². The molecule has 88 valence electrons. The summed E-state index contributed by atoms with van der Waals surface area (Å²) in [5, 5.41) is 12.3. The molecule has 3 heteroatoms. The number of carboxylic acid groups (broad SMARTS) is 1. The Balaban J connectivity index is 2.81. The lowest BCUT2D eigenvalue weighted by Crippen LogP contribution is -2.38. The molecule has 0 heterocycles. The number of hydrogen-bond acceptors (Lipinski definition) is 2. The Morgan fingerprint density at radius 1 is 1.19 bits per heavy atom. The molecule has 1 rings (SSSR count). The highest BCUT2D eigenvalue weighted by Gasteiger charge is 2.22. The highest BCUT2D eigenvalue weighted by Crippen LogP contribution is 2.15. The van der Waals surface area contributed by atoms with Crippen LogP contribution in [0.3, 0.4) is 0 Å². The molecule has 0 radical (unpaired) electrons. The van der Waals surface area contributed by atoms with Crippen molar-refractivity contribution in [1.29, 1.82) is 0 Å². The van der Waals surface area contributed by atoms with Crippen LogP contribution in [0.1, 0.15) is 32.4 Å². The van der Waals surface area contributed by atoms with E-state index >= 15 is 0 Å². The number of carboxylic acids is 1. The van der Waals surface area contributed by atoms with Gasteiger partial charge in [0.2, 0.25) is 0 Å². The van der Waals surface area contributed by atoms with Crippen molar-refractivity contribution in [3.05, 3.63) is 35.9 Å². The van der Waals surface area contributed by atoms with Gasteiger partial charge in [-0.25, -0.2) is 0 Å². The van der Waals surface area contributed by atoms with Gasteiger partial charge in [-0.05, 0) is 18.4 Å². The fourth-order valence-electron chi connectivity index (χ4n) is 1.41. The Hall–Kier alpha value is -1.35. The molecule has 0 amide bonds. The number of benzene rings is 1. The monoisotopic (exact) mass is 221 g/mol. The maximum absolute atomic E-state index is 11.2. The first-order valence-corrected chi connectivity index (χ1v) is 5.56. The molecular weight excluding hydrogens is 202 g/mol. The fourth-order valence-corrected chi connectivity index (χ4v) is 1.41. The summed E-state index contributed by atoms with van der Waals surface area (Å²) in [7, 11) is 0. The highest BCUT2D eigenvalue weighted by atomic mass is 16.4. The zero-order valence-electron chi connectivity index (χ0n) is 9.97. The van der Waals surface area contributed by atoms with Gasteiger partial charge in [0.15, 0.2) is 0 Å². The van der Waals surface area contributed by atoms with Crippen molar-refractivity contribution in [1.82, 2.24) is 5.32 Å². The van der Waals surface area contributed by atoms with E-state index in [9.17, 15) is 9.90 Å². The maximum Gasteiger partial charge on any atom is 0.325 e. The van der Waals surface area contributed by atoms with Crippen molar-refractivity contribution in [2.24, 2.45) is 5.92 Å². The Morgan fingerprint density at radius 3 is 2.19 bits per heavy atom. The number of hydrogen-bond donors (Lipinski definition) is 2. The summed E-state index contributed by atoms with van der Waals surface area (Å²) in [4.78, 5) is 11.2. The van der Waals surface area contributed by atoms with Crippen molar-refractivity contribution in [2.75, 3.05) is 0 Å². The summed E-state index contributed by atoms with van der Waals surface area (Å²) < 4.78 is 0. The first-order chi connectivity index (χ1) is 7.52. The second-order valence-electron chi connectivity index (χ2n) is 4.38. The normalized spacial score (nSPS) is 14.8. The number of carbonyl (C=O) groups is 1. The van der Waals surface area contributed by atoms with E-state index in [-0.39, 0.29) is 6.04 Å². The van der Waals surface area contributed by atoms with Crippen LogP contribution in [0, 0.1) is 5.92 Å². The molecule has 0 aliphatic carbocycles. The molecule has 0 aliphatic heterocycles. The van der Waals surface area contributed by atoms with E-state index in [1.54, 1.807) is 0 Å². The number of rotatable bonds is 5. The Kier molecular flexibility index (Phi) is 4.50. The molecule has 0 bridgehead atoms. The van der Waals surface area contributed by atoms with E-state index in [2.05, 4.69) is 19.2 Å². The molecule has 1 aromatic rings. The van der Waals surface area contributed by atoms with Crippen LogP contribution in [0.25, 0.3) is 0 Å². The molecule has 1 aromatic carbocycles. The Bertz CT molecular complexity index is 335. The minimum Gasteiger partial charge on any atom is -0.480 e. The van der Waals surface area contributed by atoms with Crippen LogP contribution in [0.15, 0.2) is 30.3 Å². The summed E-state index contributed by atoms with van der Waals surface area (Å²) in [5.41, 5.74) is 0.794. The molecule has 0 saturated carbocycles. The molecule has 0 aromatic heterocycles. The molecule has 0 spiro atoms. The van der Waals surface area contributed by atoms with E-state index in [0.29, 0.717) is 5.92 Å². The van der Waals surface area contributed by atoms with E-state index in [1.165, 1.54) is 0 Å². The van der Waals surface area contributed by atoms with Gasteiger partial charge in [0.25, 0.3) is 0 Å². The van der Waals surface area contributed by atoms with Crippen LogP contribution in [0.2, 0.25) is 0 Å². The van der Waals surface area contributed by atoms with E-state index in [4.69, 9.17) is 0 Å². The zero-order chi connectivity index (χ0) is 12.1. The molecule has 16 heavy (non-hydrogen) atoms. The minimum absolute atomic E-state index is 0.168. The lowest BCUT2D eigenvalue weighted by molar-refractivity contribution is -0.140. The second kappa shape index (κ2) is 5.66. The molecule has 0 fully saturated rings. The Morgan fingerprint density at radius 2 is 1.75 bits per heavy atom. The van der Waals surface area contributed by atoms with Crippen LogP contribution >= 0.6 is 0 Å². The van der Waals surface area contributed by atoms with Crippen molar-refractivity contribution >= 4 is 5.97 Å². The van der Waals surface area contributed by atoms with Crippen molar-refractivity contribution in [3.63, 3.8) is 0 Å². The van der Waals surface area contributed by atoms with Crippen LogP contribution in [-0.4, -0.2) is 17.1 Å². The molecule has 0 saturated heterocycles. The summed E-state index contributed by atoms with van der Waals surface area (Å²) in [5.74, 6) is -0.427. The standard InChI is InChI=1S/C13H19NO2/c1-9(2)10(3)14-12(13(15)16)11-7-5-4-6-8-11/h4-10,12,14H,1-3H3,(H,15,16). The van der Waals surface area contributed by atoms with Gasteiger partial charge in [0.05, 0.1) is 0 Å². The molecule has 3 nitrogen and oxygen atoms in total. The predicted octanol–water partition coefficient (Wildman–Crippen LogP) is 2.45. The van der Waals surface area contributed by atoms with E-state index in [0.717, 1.165) is 5.56 Å². The molecular formula is C13H19NO2. The average molecular weight is 221 g/mol. The third kappa shape index (κ3) is 3.35. The van der Waals surface area contributed by atoms with Gasteiger partial charge >= 0.3 is 5.97 Å². The summed E-state index contributed by atoms with van der Waals surface area (Å²) >= 11 is 0. The Labute approximate surface area is 96.5 Å². The average Bonchev–Trinajstić information content (AvgIpc) is 2.26. The van der Waals surface area contributed by atoms with Gasteiger partial charge in [0.1, 0.15) is 6.04 Å². The van der Waals surface area contributed by atoms with Crippen molar-refractivity contribution < 1.29 is 9.90 Å². The second-order valence-corrected chi connectivity index (χ2v) is 4.38. The first kappa shape index (κ1) is 12.7. The summed E-state index contributed by atoms with van der Waals surface area (Å²) in [6, 6.07) is 8.80. The molecule has 2 N–H and O–H groups in total. The molecule has 2 unspecified atom stereocenters. The SMILES string of the molecule is CC(C)C(C)NC(C(=O)O)c1ccccc1. The third-order valence-electron chi connectivity index (χ3n) is 2.81. The van der Waals surface area contributed by atoms with Gasteiger partial charge in [-0.2, -0.15) is 0 Å². The van der Waals surface area contributed by atoms with Gasteiger partial charge < -0.3 is 5.11 Å². The van der Waals surface area contributed by atoms with Crippen LogP contribution in [-0.2, 0) is 4.79 Å². The van der Waals surface area contributed by atoms with Crippen molar-refractivity contribution in [2.45, 2.75) is 32.9 Å². The lowest BCUT2D eigenvalue weighted by atomic mass is 10.0. The van der Waals surface area contributed by atoms with Gasteiger partial charge in [-0.1, -0.05) is 44.2 Å².